The van der Waals surface area contributed by atoms with Crippen molar-refractivity contribution in [2.75, 3.05) is 32.8 Å². The summed E-state index contributed by atoms with van der Waals surface area (Å²) >= 11 is 0. The maximum Gasteiger partial charge on any atom is 0.0593 e. The Labute approximate surface area is 130 Å². The van der Waals surface area contributed by atoms with Crippen LogP contribution in [-0.4, -0.2) is 49.3 Å². The van der Waals surface area contributed by atoms with Crippen LogP contribution in [0.3, 0.4) is 0 Å². The molecule has 1 spiro atoms. The molecule has 3 rings (SSSR count). The Morgan fingerprint density at radius 2 is 1.95 bits per heavy atom. The van der Waals surface area contributed by atoms with Crippen LogP contribution < -0.4 is 5.32 Å². The van der Waals surface area contributed by atoms with E-state index in [1.165, 1.54) is 70.9 Å². The van der Waals surface area contributed by atoms with Gasteiger partial charge in [0, 0.05) is 37.8 Å². The molecule has 3 fully saturated rings. The first kappa shape index (κ1) is 15.8. The maximum absolute atomic E-state index is 5.86. The van der Waals surface area contributed by atoms with Crippen molar-refractivity contribution in [3.8, 4) is 0 Å². The largest absolute Gasteiger partial charge is 0.380 e. The molecule has 3 aliphatic rings. The highest BCUT2D eigenvalue weighted by atomic mass is 16.5. The van der Waals surface area contributed by atoms with Crippen LogP contribution in [0.15, 0.2) is 0 Å². The average molecular weight is 294 g/mol. The van der Waals surface area contributed by atoms with Gasteiger partial charge in [-0.3, -0.25) is 4.90 Å². The third-order valence-electron chi connectivity index (χ3n) is 5.90. The van der Waals surface area contributed by atoms with Crippen molar-refractivity contribution in [3.63, 3.8) is 0 Å². The molecule has 0 aromatic heterocycles. The molecule has 0 aromatic rings. The average Bonchev–Trinajstić information content (AvgIpc) is 3.35. The van der Waals surface area contributed by atoms with Crippen LogP contribution in [0.5, 0.6) is 0 Å². The van der Waals surface area contributed by atoms with Gasteiger partial charge in [-0.25, -0.2) is 0 Å². The molecule has 0 aromatic carbocycles. The molecule has 1 N–H and O–H groups in total. The minimum absolute atomic E-state index is 0.456. The Bertz CT molecular complexity index is 310. The third kappa shape index (κ3) is 4.00. The zero-order chi connectivity index (χ0) is 14.5. The lowest BCUT2D eigenvalue weighted by atomic mass is 9.78. The number of nitrogens with zero attached hydrogens (tertiary/aromatic N) is 1. The van der Waals surface area contributed by atoms with E-state index in [-0.39, 0.29) is 0 Å². The lowest BCUT2D eigenvalue weighted by Gasteiger charge is -2.52. The smallest absolute Gasteiger partial charge is 0.0593 e. The number of unbranched alkanes of at least 4 members (excludes halogenated alkanes) is 1. The van der Waals surface area contributed by atoms with Crippen LogP contribution in [0.2, 0.25) is 0 Å². The van der Waals surface area contributed by atoms with Gasteiger partial charge in [-0.2, -0.15) is 0 Å². The Hall–Kier alpha value is -0.120. The number of piperazine rings is 1. The second-order valence-corrected chi connectivity index (χ2v) is 7.52. The van der Waals surface area contributed by atoms with Gasteiger partial charge in [0.25, 0.3) is 0 Å². The van der Waals surface area contributed by atoms with Crippen LogP contribution in [0.1, 0.15) is 64.7 Å². The van der Waals surface area contributed by atoms with E-state index >= 15 is 0 Å². The molecule has 0 radical (unpaired) electrons. The summed E-state index contributed by atoms with van der Waals surface area (Å²) in [5.74, 6) is 0.967. The van der Waals surface area contributed by atoms with Crippen molar-refractivity contribution in [2.45, 2.75) is 76.3 Å². The summed E-state index contributed by atoms with van der Waals surface area (Å²) in [5, 5.41) is 3.90. The minimum Gasteiger partial charge on any atom is -0.380 e. The first-order valence-corrected chi connectivity index (χ1v) is 9.40. The predicted octanol–water partition coefficient (Wildman–Crippen LogP) is 3.19. The van der Waals surface area contributed by atoms with Crippen molar-refractivity contribution in [1.29, 1.82) is 0 Å². The SMILES string of the molecule is CCCCOCCN1CC(C2CC2)NCC12CCCCC2. The van der Waals surface area contributed by atoms with Gasteiger partial charge in [0.15, 0.2) is 0 Å². The molecule has 1 heterocycles. The standard InChI is InChI=1S/C18H34N2O/c1-2-3-12-21-13-11-20-14-17(16-7-8-16)19-15-18(20)9-5-4-6-10-18/h16-17,19H,2-15H2,1H3. The molecule has 1 unspecified atom stereocenters. The van der Waals surface area contributed by atoms with Gasteiger partial charge in [0.1, 0.15) is 0 Å². The lowest BCUT2D eigenvalue weighted by molar-refractivity contribution is -0.0146. The Kier molecular flexibility index (Phi) is 5.58. The van der Waals surface area contributed by atoms with E-state index < -0.39 is 0 Å². The van der Waals surface area contributed by atoms with E-state index in [0.29, 0.717) is 5.54 Å². The second-order valence-electron chi connectivity index (χ2n) is 7.52. The molecule has 3 nitrogen and oxygen atoms in total. The topological polar surface area (TPSA) is 24.5 Å². The van der Waals surface area contributed by atoms with Crippen molar-refractivity contribution in [3.05, 3.63) is 0 Å². The van der Waals surface area contributed by atoms with Crippen LogP contribution in [0, 0.1) is 5.92 Å². The van der Waals surface area contributed by atoms with Crippen LogP contribution >= 0.6 is 0 Å². The van der Waals surface area contributed by atoms with Crippen LogP contribution in [-0.2, 0) is 4.74 Å². The minimum atomic E-state index is 0.456. The molecule has 1 aliphatic heterocycles. The summed E-state index contributed by atoms with van der Waals surface area (Å²) in [7, 11) is 0. The van der Waals surface area contributed by atoms with E-state index in [9.17, 15) is 0 Å². The van der Waals surface area contributed by atoms with Crippen LogP contribution in [0.25, 0.3) is 0 Å². The van der Waals surface area contributed by atoms with Crippen molar-refractivity contribution >= 4 is 0 Å². The van der Waals surface area contributed by atoms with Gasteiger partial charge < -0.3 is 10.1 Å². The molecular weight excluding hydrogens is 260 g/mol. The molecule has 0 bridgehead atoms. The molecule has 1 atom stereocenters. The Balaban J connectivity index is 1.53. The highest BCUT2D eigenvalue weighted by Crippen LogP contribution is 2.40. The van der Waals surface area contributed by atoms with Gasteiger partial charge in [-0.05, 0) is 38.0 Å². The Morgan fingerprint density at radius 3 is 2.67 bits per heavy atom. The normalized spacial score (nSPS) is 29.9. The van der Waals surface area contributed by atoms with Gasteiger partial charge in [-0.15, -0.1) is 0 Å². The summed E-state index contributed by atoms with van der Waals surface area (Å²) in [4.78, 5) is 2.82. The summed E-state index contributed by atoms with van der Waals surface area (Å²) in [6.07, 6.45) is 12.4. The fraction of sp³-hybridized carbons (Fsp3) is 1.00. The fourth-order valence-corrected chi connectivity index (χ4v) is 4.30. The Morgan fingerprint density at radius 1 is 1.14 bits per heavy atom. The monoisotopic (exact) mass is 294 g/mol. The molecule has 2 aliphatic carbocycles. The molecule has 0 amide bonds. The zero-order valence-electron chi connectivity index (χ0n) is 13.9. The zero-order valence-corrected chi connectivity index (χ0v) is 13.9. The van der Waals surface area contributed by atoms with Gasteiger partial charge in [0.2, 0.25) is 0 Å². The fourth-order valence-electron chi connectivity index (χ4n) is 4.30. The van der Waals surface area contributed by atoms with E-state index in [1.807, 2.05) is 0 Å². The van der Waals surface area contributed by atoms with Crippen molar-refractivity contribution in [1.82, 2.24) is 10.2 Å². The molecule has 3 heteroatoms. The lowest BCUT2D eigenvalue weighted by Crippen LogP contribution is -2.66. The summed E-state index contributed by atoms with van der Waals surface area (Å²) in [6.45, 7) is 7.75. The number of nitrogens with one attached hydrogen (secondary N) is 1. The second kappa shape index (κ2) is 7.43. The van der Waals surface area contributed by atoms with Gasteiger partial charge >= 0.3 is 0 Å². The first-order chi connectivity index (χ1) is 10.3. The van der Waals surface area contributed by atoms with Gasteiger partial charge in [0.05, 0.1) is 6.61 Å². The number of rotatable bonds is 7. The van der Waals surface area contributed by atoms with E-state index in [4.69, 9.17) is 4.74 Å². The highest BCUT2D eigenvalue weighted by Gasteiger charge is 2.45. The summed E-state index contributed by atoms with van der Waals surface area (Å²) < 4.78 is 5.86. The predicted molar refractivity (Wildman–Crippen MR) is 87.6 cm³/mol. The molecule has 2 saturated carbocycles. The van der Waals surface area contributed by atoms with E-state index in [2.05, 4.69) is 17.1 Å². The molecular formula is C18H34N2O. The van der Waals surface area contributed by atoms with E-state index in [1.54, 1.807) is 0 Å². The number of hydrogen-bond acceptors (Lipinski definition) is 3. The maximum atomic E-state index is 5.86. The van der Waals surface area contributed by atoms with Crippen molar-refractivity contribution < 1.29 is 4.74 Å². The van der Waals surface area contributed by atoms with Crippen molar-refractivity contribution in [2.24, 2.45) is 5.92 Å². The highest BCUT2D eigenvalue weighted by molar-refractivity contribution is 5.03. The number of ether oxygens (including phenoxy) is 1. The van der Waals surface area contributed by atoms with Gasteiger partial charge in [-0.1, -0.05) is 32.6 Å². The summed E-state index contributed by atoms with van der Waals surface area (Å²) in [5.41, 5.74) is 0.456. The summed E-state index contributed by atoms with van der Waals surface area (Å²) in [6, 6.07) is 0.758. The molecule has 21 heavy (non-hydrogen) atoms. The quantitative estimate of drug-likeness (QED) is 0.730. The van der Waals surface area contributed by atoms with E-state index in [0.717, 1.165) is 31.7 Å². The third-order valence-corrected chi connectivity index (χ3v) is 5.90. The molecule has 122 valence electrons. The molecule has 1 saturated heterocycles. The van der Waals surface area contributed by atoms with Crippen LogP contribution in [0.4, 0.5) is 0 Å². The number of hydrogen-bond donors (Lipinski definition) is 1. The first-order valence-electron chi connectivity index (χ1n) is 9.40.